The smallest absolute Gasteiger partial charge is 0.113 e. The minimum atomic E-state index is 0.0944. The summed E-state index contributed by atoms with van der Waals surface area (Å²) in [4.78, 5) is 0. The molecule has 0 aromatic heterocycles. The van der Waals surface area contributed by atoms with Gasteiger partial charge in [-0.05, 0) is 115 Å². The third-order valence-electron chi connectivity index (χ3n) is 10.3. The van der Waals surface area contributed by atoms with Gasteiger partial charge < -0.3 is 18.9 Å². The second-order valence-electron chi connectivity index (χ2n) is 15.9. The molecule has 4 heteroatoms. The average molecular weight is 529 g/mol. The first-order valence-corrected chi connectivity index (χ1v) is 15.7. The van der Waals surface area contributed by atoms with E-state index < -0.39 is 0 Å². The molecule has 38 heavy (non-hydrogen) atoms. The SMILES string of the molecule is CC1(C)CC(OCC2CCC3(C)OC3C2)C2OC2(C)C1.CC1=CCC(COC2C=C(C)CC(C)(C)C2)CC1. The molecule has 0 radical (unpaired) electrons. The van der Waals surface area contributed by atoms with Crippen LogP contribution in [-0.2, 0) is 18.9 Å². The van der Waals surface area contributed by atoms with Crippen molar-refractivity contribution in [2.45, 2.75) is 155 Å². The van der Waals surface area contributed by atoms with Crippen molar-refractivity contribution in [2.24, 2.45) is 22.7 Å². The van der Waals surface area contributed by atoms with Gasteiger partial charge in [0.2, 0.25) is 0 Å². The van der Waals surface area contributed by atoms with Crippen molar-refractivity contribution in [1.29, 1.82) is 0 Å². The lowest BCUT2D eigenvalue weighted by molar-refractivity contribution is -0.0248. The maximum Gasteiger partial charge on any atom is 0.113 e. The van der Waals surface area contributed by atoms with E-state index in [1.165, 1.54) is 63.4 Å². The molecule has 0 amide bonds. The van der Waals surface area contributed by atoms with Crippen LogP contribution in [0, 0.1) is 22.7 Å². The van der Waals surface area contributed by atoms with E-state index in [9.17, 15) is 0 Å². The first kappa shape index (κ1) is 28.8. The fraction of sp³-hybridized carbons (Fsp3) is 0.882. The quantitative estimate of drug-likeness (QED) is 0.257. The van der Waals surface area contributed by atoms with Crippen LogP contribution in [0.25, 0.3) is 0 Å². The summed E-state index contributed by atoms with van der Waals surface area (Å²) < 4.78 is 24.2. The molecule has 0 aromatic rings. The van der Waals surface area contributed by atoms with Crippen LogP contribution in [-0.4, -0.2) is 48.8 Å². The van der Waals surface area contributed by atoms with E-state index in [0.29, 0.717) is 41.2 Å². The lowest BCUT2D eigenvalue weighted by Crippen LogP contribution is -2.40. The van der Waals surface area contributed by atoms with Gasteiger partial charge in [-0.25, -0.2) is 0 Å². The molecule has 2 heterocycles. The van der Waals surface area contributed by atoms with Gasteiger partial charge in [0.15, 0.2) is 0 Å². The van der Waals surface area contributed by atoms with Gasteiger partial charge in [0.25, 0.3) is 0 Å². The molecule has 0 N–H and O–H groups in total. The Hall–Kier alpha value is -0.680. The van der Waals surface area contributed by atoms with Crippen molar-refractivity contribution in [2.75, 3.05) is 13.2 Å². The van der Waals surface area contributed by atoms with Crippen LogP contribution in [0.3, 0.4) is 0 Å². The van der Waals surface area contributed by atoms with Gasteiger partial charge in [-0.1, -0.05) is 51.0 Å². The van der Waals surface area contributed by atoms with Gasteiger partial charge in [0.05, 0.1) is 36.1 Å². The fourth-order valence-corrected chi connectivity index (χ4v) is 8.16. The van der Waals surface area contributed by atoms with Crippen LogP contribution in [0.5, 0.6) is 0 Å². The van der Waals surface area contributed by atoms with Crippen molar-refractivity contribution >= 4 is 0 Å². The number of epoxide rings is 2. The van der Waals surface area contributed by atoms with E-state index in [0.717, 1.165) is 25.6 Å². The number of allylic oxidation sites excluding steroid dienone is 3. The summed E-state index contributed by atoms with van der Waals surface area (Å²) in [7, 11) is 0. The van der Waals surface area contributed by atoms with Crippen molar-refractivity contribution in [3.63, 3.8) is 0 Å². The van der Waals surface area contributed by atoms with E-state index in [1.54, 1.807) is 5.57 Å². The molecular formula is C34H56O4. The molecule has 6 aliphatic rings. The first-order chi connectivity index (χ1) is 17.7. The molecule has 0 spiro atoms. The number of fused-ring (bicyclic) bond motifs is 2. The topological polar surface area (TPSA) is 43.5 Å². The summed E-state index contributed by atoms with van der Waals surface area (Å²) in [5.74, 6) is 1.43. The minimum absolute atomic E-state index is 0.0944. The molecule has 2 saturated carbocycles. The molecule has 4 aliphatic carbocycles. The zero-order chi connectivity index (χ0) is 27.3. The molecule has 4 fully saturated rings. The van der Waals surface area contributed by atoms with E-state index in [2.05, 4.69) is 67.5 Å². The van der Waals surface area contributed by atoms with Gasteiger partial charge in [0, 0.05) is 6.61 Å². The molecular weight excluding hydrogens is 472 g/mol. The number of hydrogen-bond acceptors (Lipinski definition) is 4. The summed E-state index contributed by atoms with van der Waals surface area (Å²) in [5, 5.41) is 0. The Morgan fingerprint density at radius 1 is 0.842 bits per heavy atom. The molecule has 0 bridgehead atoms. The Bertz CT molecular complexity index is 915. The van der Waals surface area contributed by atoms with E-state index in [1.807, 2.05) is 0 Å². The Labute approximate surface area is 233 Å². The lowest BCUT2D eigenvalue weighted by Gasteiger charge is -2.36. The molecule has 0 aromatic carbocycles. The molecule has 8 atom stereocenters. The largest absolute Gasteiger partial charge is 0.375 e. The van der Waals surface area contributed by atoms with Gasteiger partial charge in [-0.3, -0.25) is 0 Å². The summed E-state index contributed by atoms with van der Waals surface area (Å²) in [5.41, 5.74) is 4.12. The van der Waals surface area contributed by atoms with Gasteiger partial charge in [-0.2, -0.15) is 0 Å². The second-order valence-corrected chi connectivity index (χ2v) is 15.9. The molecule has 2 aliphatic heterocycles. The van der Waals surface area contributed by atoms with Crippen LogP contribution < -0.4 is 0 Å². The maximum absolute atomic E-state index is 6.30. The zero-order valence-electron chi connectivity index (χ0n) is 25.7. The van der Waals surface area contributed by atoms with Crippen molar-refractivity contribution < 1.29 is 18.9 Å². The summed E-state index contributed by atoms with van der Waals surface area (Å²) in [6.07, 6.45) is 18.4. The zero-order valence-corrected chi connectivity index (χ0v) is 25.7. The van der Waals surface area contributed by atoms with Crippen LogP contribution in [0.2, 0.25) is 0 Å². The third kappa shape index (κ3) is 7.14. The number of ether oxygens (including phenoxy) is 4. The van der Waals surface area contributed by atoms with Gasteiger partial charge in [0.1, 0.15) is 6.10 Å². The van der Waals surface area contributed by atoms with Crippen LogP contribution >= 0.6 is 0 Å². The highest BCUT2D eigenvalue weighted by Gasteiger charge is 2.63. The Morgan fingerprint density at radius 2 is 1.61 bits per heavy atom. The molecule has 216 valence electrons. The summed E-state index contributed by atoms with van der Waals surface area (Å²) >= 11 is 0. The van der Waals surface area contributed by atoms with Crippen molar-refractivity contribution in [3.8, 4) is 0 Å². The monoisotopic (exact) mass is 528 g/mol. The van der Waals surface area contributed by atoms with E-state index in [4.69, 9.17) is 18.9 Å². The minimum Gasteiger partial charge on any atom is -0.375 e. The Kier molecular flexibility index (Phi) is 8.06. The molecule has 2 saturated heterocycles. The van der Waals surface area contributed by atoms with Crippen LogP contribution in [0.15, 0.2) is 23.3 Å². The highest BCUT2D eigenvalue weighted by Crippen LogP contribution is 2.55. The van der Waals surface area contributed by atoms with Gasteiger partial charge >= 0.3 is 0 Å². The number of rotatable bonds is 6. The average Bonchev–Trinajstić information content (AvgIpc) is 3.68. The van der Waals surface area contributed by atoms with Crippen molar-refractivity contribution in [1.82, 2.24) is 0 Å². The maximum atomic E-state index is 6.30. The summed E-state index contributed by atoms with van der Waals surface area (Å²) in [6, 6.07) is 0. The van der Waals surface area contributed by atoms with Crippen LogP contribution in [0.1, 0.15) is 120 Å². The summed E-state index contributed by atoms with van der Waals surface area (Å²) in [6.45, 7) is 20.2. The molecule has 6 rings (SSSR count). The Morgan fingerprint density at radius 3 is 2.29 bits per heavy atom. The van der Waals surface area contributed by atoms with Gasteiger partial charge in [-0.15, -0.1) is 0 Å². The standard InChI is InChI=1S/C17H28O3.C17H28O/c1-15(2)8-12(14-17(4,10-15)20-14)18-9-11-5-6-16(3)13(7-11)19-16;1-13-5-7-15(8-6-13)12-18-16-9-14(2)10-17(3,4)11-16/h11-14H,5-10H2,1-4H3;5,9,15-16H,6-8,10-12H2,1-4H3. The van der Waals surface area contributed by atoms with Crippen LogP contribution in [0.4, 0.5) is 0 Å². The van der Waals surface area contributed by atoms with Crippen molar-refractivity contribution in [3.05, 3.63) is 23.3 Å². The highest BCUT2D eigenvalue weighted by atomic mass is 16.6. The normalized spacial score (nSPS) is 44.4. The molecule has 4 nitrogen and oxygen atoms in total. The number of hydrogen-bond donors (Lipinski definition) is 0. The predicted octanol–water partition coefficient (Wildman–Crippen LogP) is 8.19. The van der Waals surface area contributed by atoms with E-state index >= 15 is 0 Å². The molecule has 8 unspecified atom stereocenters. The Balaban J connectivity index is 0.000000156. The highest BCUT2D eigenvalue weighted by molar-refractivity contribution is 5.12. The fourth-order valence-electron chi connectivity index (χ4n) is 8.16. The third-order valence-corrected chi connectivity index (χ3v) is 10.3. The first-order valence-electron chi connectivity index (χ1n) is 15.7. The predicted molar refractivity (Wildman–Crippen MR) is 154 cm³/mol. The lowest BCUT2D eigenvalue weighted by atomic mass is 9.71. The van der Waals surface area contributed by atoms with E-state index in [-0.39, 0.29) is 11.2 Å². The second kappa shape index (κ2) is 10.6.